The van der Waals surface area contributed by atoms with Crippen molar-refractivity contribution in [3.8, 4) is 0 Å². The van der Waals surface area contributed by atoms with E-state index in [4.69, 9.17) is 4.74 Å². The lowest BCUT2D eigenvalue weighted by atomic mass is 9.94. The van der Waals surface area contributed by atoms with Gasteiger partial charge >= 0.3 is 6.09 Å². The minimum atomic E-state index is -0.506. The monoisotopic (exact) mass is 277 g/mol. The molecule has 20 heavy (non-hydrogen) atoms. The van der Waals surface area contributed by atoms with Gasteiger partial charge in [0.1, 0.15) is 5.60 Å². The molecule has 2 atom stereocenters. The number of piperidine rings is 1. The van der Waals surface area contributed by atoms with Crippen LogP contribution >= 0.6 is 0 Å². The largest absolute Gasteiger partial charge is 0.444 e. The first-order valence-corrected chi connectivity index (χ1v) is 7.09. The Morgan fingerprint density at radius 2 is 1.95 bits per heavy atom. The fraction of sp³-hybridized carbons (Fsp3) is 0.562. The van der Waals surface area contributed by atoms with Crippen LogP contribution in [-0.4, -0.2) is 34.3 Å². The minimum Gasteiger partial charge on any atom is -0.444 e. The number of aliphatic hydroxyl groups excluding tert-OH is 1. The Balaban J connectivity index is 2.19. The van der Waals surface area contributed by atoms with E-state index in [1.807, 2.05) is 51.1 Å². The lowest BCUT2D eigenvalue weighted by molar-refractivity contribution is -0.00842. The van der Waals surface area contributed by atoms with Crippen molar-refractivity contribution in [3.63, 3.8) is 0 Å². The van der Waals surface area contributed by atoms with E-state index < -0.39 is 5.60 Å². The van der Waals surface area contributed by atoms with Crippen molar-refractivity contribution in [2.45, 2.75) is 51.4 Å². The Morgan fingerprint density at radius 3 is 2.55 bits per heavy atom. The quantitative estimate of drug-likeness (QED) is 0.858. The van der Waals surface area contributed by atoms with Crippen LogP contribution in [0.3, 0.4) is 0 Å². The van der Waals surface area contributed by atoms with E-state index in [1.54, 1.807) is 4.90 Å². The number of nitrogens with zero attached hydrogens (tertiary/aromatic N) is 1. The highest BCUT2D eigenvalue weighted by Crippen LogP contribution is 2.32. The second-order valence-corrected chi connectivity index (χ2v) is 6.28. The molecule has 2 rings (SSSR count). The highest BCUT2D eigenvalue weighted by molar-refractivity contribution is 5.69. The third-order valence-corrected chi connectivity index (χ3v) is 3.39. The normalized spacial score (nSPS) is 23.5. The van der Waals surface area contributed by atoms with Crippen molar-refractivity contribution in [1.82, 2.24) is 4.90 Å². The molecule has 1 N–H and O–H groups in total. The Hall–Kier alpha value is -1.55. The lowest BCUT2D eigenvalue weighted by Gasteiger charge is -2.38. The molecule has 1 aromatic carbocycles. The second-order valence-electron chi connectivity index (χ2n) is 6.28. The average Bonchev–Trinajstić information content (AvgIpc) is 2.37. The van der Waals surface area contributed by atoms with Crippen LogP contribution in [0.5, 0.6) is 0 Å². The smallest absolute Gasteiger partial charge is 0.410 e. The fourth-order valence-electron chi connectivity index (χ4n) is 2.48. The molecule has 1 heterocycles. The van der Waals surface area contributed by atoms with Crippen molar-refractivity contribution in [3.05, 3.63) is 35.9 Å². The van der Waals surface area contributed by atoms with Crippen LogP contribution in [0.4, 0.5) is 4.79 Å². The molecule has 4 nitrogen and oxygen atoms in total. The third-order valence-electron chi connectivity index (χ3n) is 3.39. The van der Waals surface area contributed by atoms with Crippen LogP contribution in [0.25, 0.3) is 0 Å². The SMILES string of the molecule is CC(C)(C)OC(=O)N1CC[C@H](O)C[C@@H]1c1ccccc1. The highest BCUT2D eigenvalue weighted by Gasteiger charge is 2.34. The fourth-order valence-corrected chi connectivity index (χ4v) is 2.48. The number of hydrogen-bond acceptors (Lipinski definition) is 3. The molecule has 1 amide bonds. The Kier molecular flexibility index (Phi) is 4.33. The molecule has 4 heteroatoms. The molecule has 0 aliphatic carbocycles. The first kappa shape index (κ1) is 14.9. The number of hydrogen-bond donors (Lipinski definition) is 1. The Morgan fingerprint density at radius 1 is 1.30 bits per heavy atom. The van der Waals surface area contributed by atoms with Crippen molar-refractivity contribution < 1.29 is 14.6 Å². The van der Waals surface area contributed by atoms with Crippen molar-refractivity contribution in [2.24, 2.45) is 0 Å². The summed E-state index contributed by atoms with van der Waals surface area (Å²) in [6.07, 6.45) is 0.489. The molecule has 0 saturated carbocycles. The molecule has 0 aromatic heterocycles. The number of ether oxygens (including phenoxy) is 1. The summed E-state index contributed by atoms with van der Waals surface area (Å²) in [6.45, 7) is 6.11. The zero-order chi connectivity index (χ0) is 14.8. The number of likely N-dealkylation sites (tertiary alicyclic amines) is 1. The van der Waals surface area contributed by atoms with Gasteiger partial charge in [-0.25, -0.2) is 4.79 Å². The number of carbonyl (C=O) groups excluding carboxylic acids is 1. The molecular weight excluding hydrogens is 254 g/mol. The maximum absolute atomic E-state index is 12.3. The standard InChI is InChI=1S/C16H23NO3/c1-16(2,3)20-15(19)17-10-9-13(18)11-14(17)12-7-5-4-6-8-12/h4-8,13-14,18H,9-11H2,1-3H3/t13-,14+/m0/s1. The summed E-state index contributed by atoms with van der Waals surface area (Å²) in [5, 5.41) is 9.89. The molecule has 0 spiro atoms. The van der Waals surface area contributed by atoms with E-state index >= 15 is 0 Å². The molecule has 0 radical (unpaired) electrons. The number of rotatable bonds is 1. The van der Waals surface area contributed by atoms with Gasteiger partial charge in [-0.2, -0.15) is 0 Å². The van der Waals surface area contributed by atoms with Gasteiger partial charge < -0.3 is 14.7 Å². The van der Waals surface area contributed by atoms with Crippen LogP contribution in [-0.2, 0) is 4.74 Å². The summed E-state index contributed by atoms with van der Waals surface area (Å²) in [4.78, 5) is 14.1. The topological polar surface area (TPSA) is 49.8 Å². The number of benzene rings is 1. The summed E-state index contributed by atoms with van der Waals surface area (Å²) in [7, 11) is 0. The summed E-state index contributed by atoms with van der Waals surface area (Å²) in [5.74, 6) is 0. The molecule has 1 aliphatic heterocycles. The van der Waals surface area contributed by atoms with Gasteiger partial charge in [-0.15, -0.1) is 0 Å². The lowest BCUT2D eigenvalue weighted by Crippen LogP contribution is -2.44. The number of aliphatic hydroxyl groups is 1. The van der Waals surface area contributed by atoms with E-state index in [2.05, 4.69) is 0 Å². The first-order valence-electron chi connectivity index (χ1n) is 7.09. The van der Waals surface area contributed by atoms with E-state index in [0.29, 0.717) is 19.4 Å². The molecule has 1 saturated heterocycles. The molecule has 1 aromatic rings. The van der Waals surface area contributed by atoms with Crippen molar-refractivity contribution >= 4 is 6.09 Å². The van der Waals surface area contributed by atoms with Crippen LogP contribution in [0.15, 0.2) is 30.3 Å². The van der Waals surface area contributed by atoms with E-state index in [0.717, 1.165) is 5.56 Å². The minimum absolute atomic E-state index is 0.116. The summed E-state index contributed by atoms with van der Waals surface area (Å²) in [5.41, 5.74) is 0.533. The summed E-state index contributed by atoms with van der Waals surface area (Å²) >= 11 is 0. The number of amides is 1. The van der Waals surface area contributed by atoms with Gasteiger partial charge in [0.15, 0.2) is 0 Å². The molecule has 1 aliphatic rings. The average molecular weight is 277 g/mol. The van der Waals surface area contributed by atoms with Crippen molar-refractivity contribution in [2.75, 3.05) is 6.54 Å². The van der Waals surface area contributed by atoms with E-state index in [1.165, 1.54) is 0 Å². The molecule has 0 bridgehead atoms. The van der Waals surface area contributed by atoms with Gasteiger partial charge in [-0.05, 0) is 39.2 Å². The van der Waals surface area contributed by atoms with Crippen LogP contribution in [0, 0.1) is 0 Å². The van der Waals surface area contributed by atoms with Gasteiger partial charge in [0.2, 0.25) is 0 Å². The molecule has 0 unspecified atom stereocenters. The Bertz CT molecular complexity index is 453. The zero-order valence-corrected chi connectivity index (χ0v) is 12.4. The van der Waals surface area contributed by atoms with Crippen LogP contribution in [0.1, 0.15) is 45.2 Å². The van der Waals surface area contributed by atoms with Crippen LogP contribution < -0.4 is 0 Å². The van der Waals surface area contributed by atoms with Gasteiger partial charge in [0.25, 0.3) is 0 Å². The number of carbonyl (C=O) groups is 1. The van der Waals surface area contributed by atoms with E-state index in [-0.39, 0.29) is 18.2 Å². The highest BCUT2D eigenvalue weighted by atomic mass is 16.6. The zero-order valence-electron chi connectivity index (χ0n) is 12.4. The van der Waals surface area contributed by atoms with Gasteiger partial charge in [-0.1, -0.05) is 30.3 Å². The first-order chi connectivity index (χ1) is 9.37. The predicted octanol–water partition coefficient (Wildman–Crippen LogP) is 3.12. The molecular formula is C16H23NO3. The van der Waals surface area contributed by atoms with Crippen LogP contribution in [0.2, 0.25) is 0 Å². The maximum atomic E-state index is 12.3. The third kappa shape index (κ3) is 3.73. The molecule has 1 fully saturated rings. The van der Waals surface area contributed by atoms with Crippen molar-refractivity contribution in [1.29, 1.82) is 0 Å². The molecule has 110 valence electrons. The van der Waals surface area contributed by atoms with Gasteiger partial charge in [0, 0.05) is 6.54 Å². The maximum Gasteiger partial charge on any atom is 0.410 e. The summed E-state index contributed by atoms with van der Waals surface area (Å²) < 4.78 is 5.47. The predicted molar refractivity (Wildman–Crippen MR) is 77.4 cm³/mol. The van der Waals surface area contributed by atoms with Gasteiger partial charge in [0.05, 0.1) is 12.1 Å². The second kappa shape index (κ2) is 5.83. The summed E-state index contributed by atoms with van der Waals surface area (Å²) in [6, 6.07) is 9.70. The Labute approximate surface area is 120 Å². The van der Waals surface area contributed by atoms with E-state index in [9.17, 15) is 9.90 Å². The van der Waals surface area contributed by atoms with Gasteiger partial charge in [-0.3, -0.25) is 0 Å².